The molecule has 1 aromatic rings. The number of carbonyl (C=O) groups excluding carboxylic acids is 1. The van der Waals surface area contributed by atoms with E-state index in [1.54, 1.807) is 18.2 Å². The number of benzene rings is 1. The van der Waals surface area contributed by atoms with Crippen LogP contribution in [-0.2, 0) is 11.2 Å². The molecule has 0 aliphatic heterocycles. The van der Waals surface area contributed by atoms with E-state index < -0.39 is 12.0 Å². The van der Waals surface area contributed by atoms with Crippen LogP contribution in [0.15, 0.2) is 24.3 Å². The van der Waals surface area contributed by atoms with Crippen LogP contribution in [0.1, 0.15) is 36.2 Å². The Hall–Kier alpha value is -1.88. The molecule has 0 bridgehead atoms. The molecule has 20 heavy (non-hydrogen) atoms. The summed E-state index contributed by atoms with van der Waals surface area (Å²) in [6, 6.07) is 6.20. The molecular formula is C15H22N2O3. The zero-order valence-corrected chi connectivity index (χ0v) is 11.9. The molecule has 0 saturated heterocycles. The van der Waals surface area contributed by atoms with E-state index in [0.29, 0.717) is 13.0 Å². The number of carboxylic acid groups (broad SMARTS) is 1. The first kappa shape index (κ1) is 16.2. The summed E-state index contributed by atoms with van der Waals surface area (Å²) in [7, 11) is 0. The van der Waals surface area contributed by atoms with E-state index in [4.69, 9.17) is 10.8 Å². The number of aromatic carboxylic acids is 1. The second-order valence-corrected chi connectivity index (χ2v) is 4.96. The Morgan fingerprint density at radius 3 is 2.70 bits per heavy atom. The molecule has 1 rings (SSSR count). The van der Waals surface area contributed by atoms with Gasteiger partial charge in [-0.15, -0.1) is 0 Å². The van der Waals surface area contributed by atoms with Gasteiger partial charge in [-0.25, -0.2) is 4.79 Å². The predicted octanol–water partition coefficient (Wildman–Crippen LogP) is 1.42. The third kappa shape index (κ3) is 4.66. The Morgan fingerprint density at radius 2 is 2.10 bits per heavy atom. The van der Waals surface area contributed by atoms with Crippen LogP contribution in [-0.4, -0.2) is 29.6 Å². The lowest BCUT2D eigenvalue weighted by Gasteiger charge is -2.17. The summed E-state index contributed by atoms with van der Waals surface area (Å²) in [4.78, 5) is 22.6. The maximum Gasteiger partial charge on any atom is 0.335 e. The molecule has 5 nitrogen and oxygen atoms in total. The fourth-order valence-electron chi connectivity index (χ4n) is 1.82. The zero-order valence-electron chi connectivity index (χ0n) is 11.9. The van der Waals surface area contributed by atoms with E-state index in [1.807, 2.05) is 19.9 Å². The molecule has 0 heterocycles. The summed E-state index contributed by atoms with van der Waals surface area (Å²) in [5, 5.41) is 11.7. The lowest BCUT2D eigenvalue weighted by Crippen LogP contribution is -2.45. The van der Waals surface area contributed by atoms with Crippen molar-refractivity contribution in [3.63, 3.8) is 0 Å². The minimum absolute atomic E-state index is 0.144. The molecule has 1 aromatic carbocycles. The number of carboxylic acids is 1. The van der Waals surface area contributed by atoms with Crippen molar-refractivity contribution in [3.05, 3.63) is 35.4 Å². The van der Waals surface area contributed by atoms with Crippen molar-refractivity contribution in [1.82, 2.24) is 5.32 Å². The molecule has 0 spiro atoms. The van der Waals surface area contributed by atoms with Crippen LogP contribution in [0.3, 0.4) is 0 Å². The molecular weight excluding hydrogens is 256 g/mol. The first-order valence-electron chi connectivity index (χ1n) is 6.81. The molecule has 0 radical (unpaired) electrons. The van der Waals surface area contributed by atoms with Gasteiger partial charge in [-0.3, -0.25) is 4.79 Å². The predicted molar refractivity (Wildman–Crippen MR) is 77.5 cm³/mol. The third-order valence-electron chi connectivity index (χ3n) is 3.45. The molecule has 5 heteroatoms. The first-order valence-corrected chi connectivity index (χ1v) is 6.81. The van der Waals surface area contributed by atoms with E-state index in [1.165, 1.54) is 0 Å². The molecule has 0 unspecified atom stereocenters. The van der Waals surface area contributed by atoms with Gasteiger partial charge in [0.1, 0.15) is 0 Å². The van der Waals surface area contributed by atoms with Crippen molar-refractivity contribution < 1.29 is 14.7 Å². The van der Waals surface area contributed by atoms with Crippen LogP contribution in [0, 0.1) is 5.92 Å². The third-order valence-corrected chi connectivity index (χ3v) is 3.45. The molecule has 0 saturated carbocycles. The second kappa shape index (κ2) is 7.65. The van der Waals surface area contributed by atoms with E-state index in [9.17, 15) is 9.59 Å². The Bertz CT molecular complexity index is 474. The van der Waals surface area contributed by atoms with Gasteiger partial charge in [0.05, 0.1) is 11.6 Å². The van der Waals surface area contributed by atoms with Crippen LogP contribution in [0.25, 0.3) is 0 Å². The molecule has 1 amide bonds. The van der Waals surface area contributed by atoms with E-state index >= 15 is 0 Å². The Labute approximate surface area is 119 Å². The lowest BCUT2D eigenvalue weighted by molar-refractivity contribution is -0.123. The highest BCUT2D eigenvalue weighted by molar-refractivity contribution is 5.87. The molecule has 0 fully saturated rings. The number of nitrogens with two attached hydrogens (primary N) is 1. The van der Waals surface area contributed by atoms with E-state index in [-0.39, 0.29) is 17.4 Å². The Kier molecular flexibility index (Phi) is 6.18. The number of nitrogens with one attached hydrogen (secondary N) is 1. The standard InChI is InChI=1S/C15H22N2O3/c1-3-10(2)13(16)14(18)17-8-7-11-5-4-6-12(9-11)15(19)20/h4-6,9-10,13H,3,7-8,16H2,1-2H3,(H,17,18)(H,19,20)/t10-,13-/m0/s1. The summed E-state index contributed by atoms with van der Waals surface area (Å²) in [6.45, 7) is 4.39. The largest absolute Gasteiger partial charge is 0.478 e. The zero-order chi connectivity index (χ0) is 15.1. The molecule has 110 valence electrons. The van der Waals surface area contributed by atoms with Crippen molar-refractivity contribution in [2.45, 2.75) is 32.7 Å². The van der Waals surface area contributed by atoms with Gasteiger partial charge in [0.25, 0.3) is 0 Å². The van der Waals surface area contributed by atoms with Gasteiger partial charge < -0.3 is 16.2 Å². The highest BCUT2D eigenvalue weighted by atomic mass is 16.4. The van der Waals surface area contributed by atoms with Crippen molar-refractivity contribution >= 4 is 11.9 Å². The SMILES string of the molecule is CC[C@H](C)[C@H](N)C(=O)NCCc1cccc(C(=O)O)c1. The quantitative estimate of drug-likeness (QED) is 0.703. The average molecular weight is 278 g/mol. The summed E-state index contributed by atoms with van der Waals surface area (Å²) in [5.74, 6) is -0.964. The molecule has 0 aliphatic carbocycles. The van der Waals surface area contributed by atoms with Crippen molar-refractivity contribution in [2.75, 3.05) is 6.54 Å². The van der Waals surface area contributed by atoms with Crippen LogP contribution in [0.4, 0.5) is 0 Å². The maximum absolute atomic E-state index is 11.8. The van der Waals surface area contributed by atoms with Gasteiger partial charge in [-0.2, -0.15) is 0 Å². The van der Waals surface area contributed by atoms with Crippen LogP contribution in [0.5, 0.6) is 0 Å². The topological polar surface area (TPSA) is 92.4 Å². The highest BCUT2D eigenvalue weighted by Gasteiger charge is 2.18. The molecule has 4 N–H and O–H groups in total. The number of hydrogen-bond acceptors (Lipinski definition) is 3. The van der Waals surface area contributed by atoms with Gasteiger partial charge in [-0.1, -0.05) is 32.4 Å². The second-order valence-electron chi connectivity index (χ2n) is 4.96. The highest BCUT2D eigenvalue weighted by Crippen LogP contribution is 2.07. The smallest absolute Gasteiger partial charge is 0.335 e. The molecule has 0 aliphatic rings. The van der Waals surface area contributed by atoms with Gasteiger partial charge in [-0.05, 0) is 30.0 Å². The fourth-order valence-corrected chi connectivity index (χ4v) is 1.82. The Balaban J connectivity index is 2.46. The summed E-state index contributed by atoms with van der Waals surface area (Å²) in [6.07, 6.45) is 1.44. The first-order chi connectivity index (χ1) is 9.45. The van der Waals surface area contributed by atoms with E-state index in [0.717, 1.165) is 12.0 Å². The average Bonchev–Trinajstić information content (AvgIpc) is 2.45. The maximum atomic E-state index is 11.8. The minimum Gasteiger partial charge on any atom is -0.478 e. The van der Waals surface area contributed by atoms with Crippen molar-refractivity contribution in [2.24, 2.45) is 11.7 Å². The van der Waals surface area contributed by atoms with Crippen LogP contribution in [0.2, 0.25) is 0 Å². The summed E-state index contributed by atoms with van der Waals surface area (Å²) in [5.41, 5.74) is 6.96. The number of hydrogen-bond donors (Lipinski definition) is 3. The normalized spacial score (nSPS) is 13.6. The number of rotatable bonds is 7. The van der Waals surface area contributed by atoms with Crippen molar-refractivity contribution in [3.8, 4) is 0 Å². The monoisotopic (exact) mass is 278 g/mol. The number of carbonyl (C=O) groups is 2. The Morgan fingerprint density at radius 1 is 1.40 bits per heavy atom. The molecule has 0 aromatic heterocycles. The summed E-state index contributed by atoms with van der Waals surface area (Å²) < 4.78 is 0. The lowest BCUT2D eigenvalue weighted by atomic mass is 9.99. The van der Waals surface area contributed by atoms with Crippen molar-refractivity contribution in [1.29, 1.82) is 0 Å². The number of amides is 1. The van der Waals surface area contributed by atoms with Gasteiger partial charge >= 0.3 is 5.97 Å². The van der Waals surface area contributed by atoms with Gasteiger partial charge in [0.15, 0.2) is 0 Å². The summed E-state index contributed by atoms with van der Waals surface area (Å²) >= 11 is 0. The fraction of sp³-hybridized carbons (Fsp3) is 0.467. The van der Waals surface area contributed by atoms with Gasteiger partial charge in [0.2, 0.25) is 5.91 Å². The van der Waals surface area contributed by atoms with E-state index in [2.05, 4.69) is 5.32 Å². The van der Waals surface area contributed by atoms with Gasteiger partial charge in [0, 0.05) is 6.54 Å². The minimum atomic E-state index is -0.949. The van der Waals surface area contributed by atoms with Crippen LogP contribution >= 0.6 is 0 Å². The molecule has 2 atom stereocenters. The van der Waals surface area contributed by atoms with Crippen LogP contribution < -0.4 is 11.1 Å².